The van der Waals surface area contributed by atoms with Crippen molar-refractivity contribution < 1.29 is 28.7 Å². The molecule has 2 aliphatic rings. The van der Waals surface area contributed by atoms with Gasteiger partial charge in [-0.15, -0.1) is 0 Å². The Kier molecular flexibility index (Phi) is 7.12. The van der Waals surface area contributed by atoms with Crippen molar-refractivity contribution in [1.29, 1.82) is 0 Å². The number of carbonyl (C=O) groups is 5. The molecule has 3 N–H and O–H groups in total. The molecule has 3 rings (SSSR count). The summed E-state index contributed by atoms with van der Waals surface area (Å²) in [6.45, 7) is 3.02. The second-order valence-electron chi connectivity index (χ2n) is 8.38. The summed E-state index contributed by atoms with van der Waals surface area (Å²) in [5.74, 6) is -1.70. The van der Waals surface area contributed by atoms with Gasteiger partial charge in [0.2, 0.25) is 0 Å². The van der Waals surface area contributed by atoms with Gasteiger partial charge < -0.3 is 15.4 Å². The van der Waals surface area contributed by atoms with Crippen LogP contribution in [0.15, 0.2) is 30.3 Å². The van der Waals surface area contributed by atoms with Gasteiger partial charge in [0.25, 0.3) is 11.8 Å². The van der Waals surface area contributed by atoms with Crippen LogP contribution in [0.5, 0.6) is 0 Å². The number of hydrogen-bond acceptors (Lipinski definition) is 6. The molecule has 1 aromatic rings. The van der Waals surface area contributed by atoms with E-state index in [9.17, 15) is 24.0 Å². The molecule has 1 unspecified atom stereocenters. The lowest BCUT2D eigenvalue weighted by Crippen LogP contribution is -2.49. The summed E-state index contributed by atoms with van der Waals surface area (Å²) in [5, 5.41) is 7.34. The molecule has 32 heavy (non-hydrogen) atoms. The van der Waals surface area contributed by atoms with Gasteiger partial charge in [0.05, 0.1) is 0 Å². The van der Waals surface area contributed by atoms with E-state index in [1.165, 1.54) is 6.92 Å². The molecular weight excluding hydrogens is 416 g/mol. The molecule has 10 heteroatoms. The van der Waals surface area contributed by atoms with Gasteiger partial charge >= 0.3 is 18.0 Å². The minimum atomic E-state index is -1.28. The summed E-state index contributed by atoms with van der Waals surface area (Å²) >= 11 is 0. The normalized spacial score (nSPS) is 23.4. The molecule has 6 amide bonds. The molecule has 0 radical (unpaired) electrons. The number of carbonyl (C=O) groups excluding carboxylic acids is 5. The quantitative estimate of drug-likeness (QED) is 0.449. The maximum atomic E-state index is 12.8. The van der Waals surface area contributed by atoms with Crippen LogP contribution in [0.2, 0.25) is 0 Å². The van der Waals surface area contributed by atoms with E-state index in [1.807, 2.05) is 30.3 Å². The first-order valence-electron chi connectivity index (χ1n) is 10.7. The molecule has 1 heterocycles. The highest BCUT2D eigenvalue weighted by molar-refractivity contribution is 6.08. The second-order valence-corrected chi connectivity index (χ2v) is 8.38. The molecule has 1 aliphatic carbocycles. The highest BCUT2D eigenvalue weighted by Gasteiger charge is 2.52. The van der Waals surface area contributed by atoms with Gasteiger partial charge in [0.1, 0.15) is 12.1 Å². The lowest BCUT2D eigenvalue weighted by Gasteiger charge is -2.33. The predicted molar refractivity (Wildman–Crippen MR) is 113 cm³/mol. The number of esters is 1. The Bertz CT molecular complexity index is 895. The van der Waals surface area contributed by atoms with Gasteiger partial charge in [0, 0.05) is 6.54 Å². The summed E-state index contributed by atoms with van der Waals surface area (Å²) in [5.41, 5.74) is -0.0997. The maximum Gasteiger partial charge on any atom is 0.327 e. The van der Waals surface area contributed by atoms with Crippen molar-refractivity contribution in [3.63, 3.8) is 0 Å². The van der Waals surface area contributed by atoms with E-state index in [0.29, 0.717) is 18.8 Å². The van der Waals surface area contributed by atoms with Crippen LogP contribution in [0.3, 0.4) is 0 Å². The Morgan fingerprint density at radius 3 is 2.50 bits per heavy atom. The Balaban J connectivity index is 1.45. The second kappa shape index (κ2) is 9.80. The number of amides is 6. The van der Waals surface area contributed by atoms with Gasteiger partial charge in [-0.1, -0.05) is 37.3 Å². The largest absolute Gasteiger partial charge is 0.451 e. The molecule has 172 valence electrons. The zero-order valence-electron chi connectivity index (χ0n) is 18.2. The van der Waals surface area contributed by atoms with Crippen molar-refractivity contribution in [3.8, 4) is 0 Å². The number of rotatable bonds is 6. The fraction of sp³-hybridized carbons (Fsp3) is 0.500. The van der Waals surface area contributed by atoms with Gasteiger partial charge in [0.15, 0.2) is 6.10 Å². The Labute approximate surface area is 186 Å². The average molecular weight is 444 g/mol. The minimum absolute atomic E-state index is 0.223. The highest BCUT2D eigenvalue weighted by Crippen LogP contribution is 2.36. The van der Waals surface area contributed by atoms with E-state index < -0.39 is 48.0 Å². The fourth-order valence-corrected chi connectivity index (χ4v) is 3.87. The fourth-order valence-electron chi connectivity index (χ4n) is 3.87. The smallest absolute Gasteiger partial charge is 0.327 e. The van der Waals surface area contributed by atoms with E-state index in [2.05, 4.69) is 22.9 Å². The standard InChI is InChI=1S/C22H28N4O6/c1-14-8-10-22(11-9-14)19(29)26(21(31)25-22)13-17(27)32-15(2)18(28)24-20(30)23-12-16-6-4-3-5-7-16/h3-7,14-15H,8-13H2,1-2H3,(H,25,31)(H2,23,24,28,30). The number of ether oxygens (including phenoxy) is 1. The first-order valence-corrected chi connectivity index (χ1v) is 10.7. The molecule has 0 aromatic heterocycles. The number of hydrogen-bond donors (Lipinski definition) is 3. The Morgan fingerprint density at radius 1 is 1.19 bits per heavy atom. The van der Waals surface area contributed by atoms with E-state index in [4.69, 9.17) is 4.74 Å². The lowest BCUT2D eigenvalue weighted by molar-refractivity contribution is -0.156. The molecule has 1 atom stereocenters. The Hall–Kier alpha value is -3.43. The number of imide groups is 2. The summed E-state index contributed by atoms with van der Waals surface area (Å²) in [6.07, 6.45) is 1.40. The molecule has 1 spiro atoms. The van der Waals surface area contributed by atoms with Crippen LogP contribution in [0.4, 0.5) is 9.59 Å². The molecule has 0 bridgehead atoms. The number of benzene rings is 1. The first kappa shape index (κ1) is 23.2. The summed E-state index contributed by atoms with van der Waals surface area (Å²) in [7, 11) is 0. The lowest BCUT2D eigenvalue weighted by atomic mass is 9.77. The topological polar surface area (TPSA) is 134 Å². The van der Waals surface area contributed by atoms with Gasteiger partial charge in [-0.05, 0) is 44.1 Å². The van der Waals surface area contributed by atoms with Crippen molar-refractivity contribution in [2.75, 3.05) is 6.54 Å². The molecule has 1 aliphatic heterocycles. The van der Waals surface area contributed by atoms with E-state index >= 15 is 0 Å². The van der Waals surface area contributed by atoms with E-state index in [1.54, 1.807) is 0 Å². The molecule has 1 aromatic carbocycles. The van der Waals surface area contributed by atoms with Crippen LogP contribution in [-0.4, -0.2) is 52.9 Å². The summed E-state index contributed by atoms with van der Waals surface area (Å²) in [6, 6.07) is 7.76. The number of urea groups is 2. The van der Waals surface area contributed by atoms with E-state index in [-0.39, 0.29) is 6.54 Å². The third-order valence-corrected chi connectivity index (χ3v) is 5.87. The third kappa shape index (κ3) is 5.43. The zero-order chi connectivity index (χ0) is 23.3. The van der Waals surface area contributed by atoms with Crippen LogP contribution >= 0.6 is 0 Å². The van der Waals surface area contributed by atoms with Crippen molar-refractivity contribution in [3.05, 3.63) is 35.9 Å². The van der Waals surface area contributed by atoms with Crippen LogP contribution in [-0.2, 0) is 25.7 Å². The average Bonchev–Trinajstić information content (AvgIpc) is 2.99. The van der Waals surface area contributed by atoms with Gasteiger partial charge in [-0.3, -0.25) is 24.6 Å². The highest BCUT2D eigenvalue weighted by atomic mass is 16.5. The SMILES string of the molecule is CC1CCC2(CC1)NC(=O)N(CC(=O)OC(C)C(=O)NC(=O)NCc1ccccc1)C2=O. The van der Waals surface area contributed by atoms with Gasteiger partial charge in [-0.2, -0.15) is 0 Å². The van der Waals surface area contributed by atoms with Crippen LogP contribution < -0.4 is 16.0 Å². The zero-order valence-corrected chi connectivity index (χ0v) is 18.2. The van der Waals surface area contributed by atoms with Crippen LogP contribution in [0.25, 0.3) is 0 Å². The van der Waals surface area contributed by atoms with Crippen molar-refractivity contribution in [2.45, 2.75) is 57.7 Å². The first-order chi connectivity index (χ1) is 15.2. The number of nitrogens with zero attached hydrogens (tertiary/aromatic N) is 1. The van der Waals surface area contributed by atoms with Gasteiger partial charge in [-0.25, -0.2) is 9.59 Å². The molecule has 2 fully saturated rings. The molecule has 1 saturated heterocycles. The van der Waals surface area contributed by atoms with E-state index in [0.717, 1.165) is 23.3 Å². The predicted octanol–water partition coefficient (Wildman–Crippen LogP) is 1.44. The maximum absolute atomic E-state index is 12.8. The van der Waals surface area contributed by atoms with Crippen molar-refractivity contribution in [1.82, 2.24) is 20.9 Å². The third-order valence-electron chi connectivity index (χ3n) is 5.87. The Morgan fingerprint density at radius 2 is 1.84 bits per heavy atom. The monoisotopic (exact) mass is 444 g/mol. The molecule has 1 saturated carbocycles. The minimum Gasteiger partial charge on any atom is -0.451 e. The van der Waals surface area contributed by atoms with Crippen LogP contribution in [0.1, 0.15) is 45.1 Å². The van der Waals surface area contributed by atoms with Crippen LogP contribution in [0, 0.1) is 5.92 Å². The van der Waals surface area contributed by atoms with Crippen molar-refractivity contribution in [2.24, 2.45) is 5.92 Å². The summed E-state index contributed by atoms with van der Waals surface area (Å²) < 4.78 is 5.02. The number of nitrogens with one attached hydrogen (secondary N) is 3. The molecular formula is C22H28N4O6. The van der Waals surface area contributed by atoms with Crippen molar-refractivity contribution >= 4 is 29.8 Å². The molecule has 10 nitrogen and oxygen atoms in total. The summed E-state index contributed by atoms with van der Waals surface area (Å²) in [4.78, 5) is 62.2.